The van der Waals surface area contributed by atoms with Gasteiger partial charge in [0.2, 0.25) is 0 Å². The molecule has 26 heavy (non-hydrogen) atoms. The van der Waals surface area contributed by atoms with Gasteiger partial charge in [0, 0.05) is 12.2 Å². The molecule has 0 aromatic heterocycles. The number of hydrogen-bond donors (Lipinski definition) is 2. The van der Waals surface area contributed by atoms with Gasteiger partial charge in [-0.3, -0.25) is 4.90 Å². The molecular weight excluding hydrogens is 343 g/mol. The number of para-hydroxylation sites is 1. The molecule has 1 heterocycles. The summed E-state index contributed by atoms with van der Waals surface area (Å²) < 4.78 is 38.9. The largest absolute Gasteiger partial charge is 0.418 e. The van der Waals surface area contributed by atoms with Crippen LogP contribution in [0.5, 0.6) is 0 Å². The fraction of sp³-hybridized carbons (Fsp3) is 0.316. The van der Waals surface area contributed by atoms with E-state index in [1.807, 2.05) is 12.1 Å². The van der Waals surface area contributed by atoms with Crippen LogP contribution in [0.15, 0.2) is 48.5 Å². The van der Waals surface area contributed by atoms with Crippen LogP contribution in [-0.4, -0.2) is 24.0 Å². The van der Waals surface area contributed by atoms with Crippen LogP contribution in [0.2, 0.25) is 0 Å². The maximum atomic E-state index is 13.0. The van der Waals surface area contributed by atoms with E-state index in [9.17, 15) is 18.0 Å². The second-order valence-electron chi connectivity index (χ2n) is 6.30. The molecule has 0 radical (unpaired) electrons. The lowest BCUT2D eigenvalue weighted by Gasteiger charge is -2.15. The Labute approximate surface area is 150 Å². The van der Waals surface area contributed by atoms with E-state index in [2.05, 4.69) is 15.5 Å². The molecule has 0 aliphatic carbocycles. The second kappa shape index (κ2) is 7.78. The van der Waals surface area contributed by atoms with Crippen LogP contribution in [-0.2, 0) is 12.7 Å². The number of nitrogens with one attached hydrogen (secondary N) is 2. The van der Waals surface area contributed by atoms with Crippen molar-refractivity contribution >= 4 is 17.4 Å². The topological polar surface area (TPSA) is 44.4 Å². The molecule has 0 unspecified atom stereocenters. The lowest BCUT2D eigenvalue weighted by atomic mass is 10.1. The number of urea groups is 1. The Morgan fingerprint density at radius 1 is 0.962 bits per heavy atom. The SMILES string of the molecule is O=C(Nc1ccc(CN2CCCC2)cc1)Nc1ccccc1C(F)(F)F. The van der Waals surface area contributed by atoms with Gasteiger partial charge in [-0.2, -0.15) is 13.2 Å². The van der Waals surface area contributed by atoms with Gasteiger partial charge in [-0.25, -0.2) is 4.79 Å². The maximum absolute atomic E-state index is 13.0. The molecular formula is C19H20F3N3O. The third kappa shape index (κ3) is 4.76. The van der Waals surface area contributed by atoms with Crippen LogP contribution in [0.3, 0.4) is 0 Å². The van der Waals surface area contributed by atoms with E-state index >= 15 is 0 Å². The fourth-order valence-corrected chi connectivity index (χ4v) is 3.02. The number of carbonyl (C=O) groups is 1. The third-order valence-corrected chi connectivity index (χ3v) is 4.30. The Hall–Kier alpha value is -2.54. The zero-order valence-corrected chi connectivity index (χ0v) is 14.1. The first-order valence-corrected chi connectivity index (χ1v) is 8.47. The van der Waals surface area contributed by atoms with Gasteiger partial charge in [0.1, 0.15) is 0 Å². The van der Waals surface area contributed by atoms with Gasteiger partial charge < -0.3 is 10.6 Å². The second-order valence-corrected chi connectivity index (χ2v) is 6.30. The van der Waals surface area contributed by atoms with Crippen molar-refractivity contribution in [1.82, 2.24) is 4.90 Å². The van der Waals surface area contributed by atoms with Crippen LogP contribution >= 0.6 is 0 Å². The predicted octanol–water partition coefficient (Wildman–Crippen LogP) is 4.95. The van der Waals surface area contributed by atoms with E-state index in [4.69, 9.17) is 0 Å². The first kappa shape index (κ1) is 18.3. The standard InChI is InChI=1S/C19H20F3N3O/c20-19(21,22)16-5-1-2-6-17(16)24-18(26)23-15-9-7-14(8-10-15)13-25-11-3-4-12-25/h1-2,5-10H,3-4,11-13H2,(H2,23,24,26). The zero-order chi connectivity index (χ0) is 18.6. The first-order chi connectivity index (χ1) is 12.4. The van der Waals surface area contributed by atoms with Gasteiger partial charge in [-0.15, -0.1) is 0 Å². The predicted molar refractivity (Wildman–Crippen MR) is 95.0 cm³/mol. The van der Waals surface area contributed by atoms with Crippen LogP contribution in [0.4, 0.5) is 29.3 Å². The van der Waals surface area contributed by atoms with E-state index in [0.29, 0.717) is 5.69 Å². The Kier molecular flexibility index (Phi) is 5.46. The van der Waals surface area contributed by atoms with E-state index < -0.39 is 17.8 Å². The van der Waals surface area contributed by atoms with Crippen LogP contribution in [0.1, 0.15) is 24.0 Å². The Balaban J connectivity index is 1.60. The number of carbonyl (C=O) groups excluding carboxylic acids is 1. The highest BCUT2D eigenvalue weighted by molar-refractivity contribution is 6.00. The quantitative estimate of drug-likeness (QED) is 0.808. The molecule has 0 bridgehead atoms. The first-order valence-electron chi connectivity index (χ1n) is 8.47. The van der Waals surface area contributed by atoms with Crippen LogP contribution in [0.25, 0.3) is 0 Å². The minimum absolute atomic E-state index is 0.275. The highest BCUT2D eigenvalue weighted by atomic mass is 19.4. The summed E-state index contributed by atoms with van der Waals surface area (Å²) in [6.45, 7) is 3.06. The smallest absolute Gasteiger partial charge is 0.308 e. The molecule has 2 amide bonds. The van der Waals surface area contributed by atoms with Gasteiger partial charge in [0.25, 0.3) is 0 Å². The monoisotopic (exact) mass is 363 g/mol. The lowest BCUT2D eigenvalue weighted by Crippen LogP contribution is -2.22. The normalized spacial score (nSPS) is 15.0. The summed E-state index contributed by atoms with van der Waals surface area (Å²) >= 11 is 0. The summed E-state index contributed by atoms with van der Waals surface area (Å²) in [7, 11) is 0. The summed E-state index contributed by atoms with van der Waals surface area (Å²) in [4.78, 5) is 14.4. The minimum atomic E-state index is -4.53. The summed E-state index contributed by atoms with van der Waals surface area (Å²) in [5, 5.41) is 4.82. The average molecular weight is 363 g/mol. The molecule has 4 nitrogen and oxygen atoms in total. The van der Waals surface area contributed by atoms with Gasteiger partial charge in [0.05, 0.1) is 11.3 Å². The number of amides is 2. The molecule has 2 aromatic rings. The number of halogens is 3. The summed E-state index contributed by atoms with van der Waals surface area (Å²) in [5.74, 6) is 0. The van der Waals surface area contributed by atoms with E-state index in [1.54, 1.807) is 12.1 Å². The Bertz CT molecular complexity index is 753. The van der Waals surface area contributed by atoms with Crippen molar-refractivity contribution in [2.75, 3.05) is 23.7 Å². The number of anilines is 2. The zero-order valence-electron chi connectivity index (χ0n) is 14.1. The molecule has 1 aliphatic rings. The number of alkyl halides is 3. The number of likely N-dealkylation sites (tertiary alicyclic amines) is 1. The number of rotatable bonds is 4. The van der Waals surface area contributed by atoms with Crippen LogP contribution < -0.4 is 10.6 Å². The van der Waals surface area contributed by atoms with Gasteiger partial charge in [-0.05, 0) is 55.8 Å². The van der Waals surface area contributed by atoms with Gasteiger partial charge in [-0.1, -0.05) is 24.3 Å². The highest BCUT2D eigenvalue weighted by Crippen LogP contribution is 2.34. The maximum Gasteiger partial charge on any atom is 0.418 e. The Morgan fingerprint density at radius 3 is 2.27 bits per heavy atom. The molecule has 0 saturated carbocycles. The number of hydrogen-bond acceptors (Lipinski definition) is 2. The summed E-state index contributed by atoms with van der Waals surface area (Å²) in [5.41, 5.74) is 0.511. The van der Waals surface area contributed by atoms with Gasteiger partial charge >= 0.3 is 12.2 Å². The summed E-state index contributed by atoms with van der Waals surface area (Å²) in [6.07, 6.45) is -2.08. The van der Waals surface area contributed by atoms with Gasteiger partial charge in [0.15, 0.2) is 0 Å². The van der Waals surface area contributed by atoms with Crippen LogP contribution in [0, 0.1) is 0 Å². The van der Waals surface area contributed by atoms with Crippen molar-refractivity contribution < 1.29 is 18.0 Å². The van der Waals surface area contributed by atoms with Crippen molar-refractivity contribution in [2.24, 2.45) is 0 Å². The van der Waals surface area contributed by atoms with Crippen molar-refractivity contribution in [3.63, 3.8) is 0 Å². The van der Waals surface area contributed by atoms with Crippen molar-refractivity contribution in [3.8, 4) is 0 Å². The lowest BCUT2D eigenvalue weighted by molar-refractivity contribution is -0.136. The van der Waals surface area contributed by atoms with E-state index in [1.165, 1.54) is 31.0 Å². The molecule has 138 valence electrons. The van der Waals surface area contributed by atoms with Crippen molar-refractivity contribution in [2.45, 2.75) is 25.6 Å². The molecule has 2 aromatic carbocycles. The molecule has 0 spiro atoms. The highest BCUT2D eigenvalue weighted by Gasteiger charge is 2.33. The molecule has 1 saturated heterocycles. The van der Waals surface area contributed by atoms with Crippen molar-refractivity contribution in [3.05, 3.63) is 59.7 Å². The van der Waals surface area contributed by atoms with Crippen molar-refractivity contribution in [1.29, 1.82) is 0 Å². The molecule has 1 fully saturated rings. The number of benzene rings is 2. The molecule has 1 aliphatic heterocycles. The average Bonchev–Trinajstić information content (AvgIpc) is 3.09. The molecule has 2 N–H and O–H groups in total. The van der Waals surface area contributed by atoms with E-state index in [-0.39, 0.29) is 5.69 Å². The fourth-order valence-electron chi connectivity index (χ4n) is 3.02. The molecule has 3 rings (SSSR count). The Morgan fingerprint density at radius 2 is 1.62 bits per heavy atom. The number of nitrogens with zero attached hydrogens (tertiary/aromatic N) is 1. The molecule has 0 atom stereocenters. The minimum Gasteiger partial charge on any atom is -0.308 e. The van der Waals surface area contributed by atoms with E-state index in [0.717, 1.165) is 31.3 Å². The summed E-state index contributed by atoms with van der Waals surface area (Å²) in [6, 6.07) is 11.5. The third-order valence-electron chi connectivity index (χ3n) is 4.30. The molecule has 7 heteroatoms.